The van der Waals surface area contributed by atoms with Gasteiger partial charge in [0.1, 0.15) is 0 Å². The maximum Gasteiger partial charge on any atom is 0.164 e. The van der Waals surface area contributed by atoms with Crippen LogP contribution in [0.5, 0.6) is 0 Å². The highest BCUT2D eigenvalue weighted by atomic mass is 15.0. The van der Waals surface area contributed by atoms with Gasteiger partial charge in [0.05, 0.1) is 23.3 Å². The minimum absolute atomic E-state index is 0.271. The van der Waals surface area contributed by atoms with Gasteiger partial charge in [-0.05, 0) is 113 Å². The van der Waals surface area contributed by atoms with Crippen LogP contribution in [0.1, 0.15) is 62.6 Å². The Bertz CT molecular complexity index is 2250. The lowest BCUT2D eigenvalue weighted by Crippen LogP contribution is -2.42. The van der Waals surface area contributed by atoms with E-state index >= 15 is 0 Å². The zero-order valence-corrected chi connectivity index (χ0v) is 27.9. The number of aromatic nitrogens is 3. The molecule has 1 heterocycles. The molecule has 2 saturated carbocycles. The van der Waals surface area contributed by atoms with Crippen molar-refractivity contribution in [2.45, 2.75) is 51.4 Å². The number of nitriles is 2. The maximum absolute atomic E-state index is 10.4. The van der Waals surface area contributed by atoms with Crippen molar-refractivity contribution in [2.75, 3.05) is 0 Å². The second kappa shape index (κ2) is 12.4. The molecule has 0 spiro atoms. The highest BCUT2D eigenvalue weighted by Gasteiger charge is 2.45. The quantitative estimate of drug-likeness (QED) is 0.188. The van der Waals surface area contributed by atoms with Gasteiger partial charge in [0.15, 0.2) is 17.5 Å². The normalized spacial score (nSPS) is 21.5. The molecular formula is C44H37N5. The molecule has 49 heavy (non-hydrogen) atoms. The van der Waals surface area contributed by atoms with Gasteiger partial charge in [-0.2, -0.15) is 10.5 Å². The predicted molar refractivity (Wildman–Crippen MR) is 195 cm³/mol. The molecule has 6 aromatic rings. The van der Waals surface area contributed by atoms with Gasteiger partial charge < -0.3 is 0 Å². The standard InChI is InChI=1S/C44H37N5/c1-28-20-31-21-29(2)24-44(23-28,25-31)37-17-14-33(15-18-37)38-19-16-35(22-36(38)27-46)42-47-41(34-12-10-30(26-45)11-13-34)48-43(49-42)40-9-5-7-32-6-3-4-8-39(32)40/h3-19,22,28-29,31H,20-21,23-25H2,1-2H3/t28-,29+,31-,44?. The van der Waals surface area contributed by atoms with Gasteiger partial charge in [-0.15, -0.1) is 0 Å². The van der Waals surface area contributed by atoms with Gasteiger partial charge in [-0.3, -0.25) is 0 Å². The first-order valence-corrected chi connectivity index (χ1v) is 17.3. The summed E-state index contributed by atoms with van der Waals surface area (Å²) in [6.45, 7) is 4.85. The van der Waals surface area contributed by atoms with Crippen LogP contribution in [0.2, 0.25) is 0 Å². The summed E-state index contributed by atoms with van der Waals surface area (Å²) in [7, 11) is 0. The van der Waals surface area contributed by atoms with E-state index in [1.807, 2.05) is 54.6 Å². The summed E-state index contributed by atoms with van der Waals surface area (Å²) < 4.78 is 0. The lowest BCUT2D eigenvalue weighted by atomic mass is 9.54. The number of hydrogen-bond donors (Lipinski definition) is 0. The average molecular weight is 636 g/mol. The Labute approximate surface area is 288 Å². The molecule has 1 unspecified atom stereocenters. The molecule has 0 saturated heterocycles. The predicted octanol–water partition coefficient (Wildman–Crippen LogP) is 10.5. The SMILES string of the molecule is C[C@@H]1C[C@@H]2C[C@H](C)CC(c3ccc(-c4ccc(-c5nc(-c6ccc(C#N)cc6)nc(-c6cccc7ccccc67)n5)cc4C#N)cc3)(C1)C2. The number of hydrogen-bond acceptors (Lipinski definition) is 5. The van der Waals surface area contributed by atoms with Crippen LogP contribution < -0.4 is 0 Å². The molecule has 1 aromatic heterocycles. The van der Waals surface area contributed by atoms with E-state index < -0.39 is 0 Å². The van der Waals surface area contributed by atoms with E-state index in [9.17, 15) is 10.5 Å². The van der Waals surface area contributed by atoms with Crippen LogP contribution in [0.15, 0.2) is 109 Å². The molecule has 8 rings (SSSR count). The molecule has 2 aliphatic carbocycles. The minimum atomic E-state index is 0.271. The van der Waals surface area contributed by atoms with E-state index in [-0.39, 0.29) is 5.41 Å². The van der Waals surface area contributed by atoms with E-state index in [1.165, 1.54) is 37.7 Å². The zero-order valence-electron chi connectivity index (χ0n) is 27.9. The highest BCUT2D eigenvalue weighted by molar-refractivity contribution is 5.95. The largest absolute Gasteiger partial charge is 0.208 e. The Morgan fingerprint density at radius 2 is 1.22 bits per heavy atom. The van der Waals surface area contributed by atoms with E-state index in [4.69, 9.17) is 15.0 Å². The Hall–Kier alpha value is -5.65. The molecule has 0 N–H and O–H groups in total. The summed E-state index contributed by atoms with van der Waals surface area (Å²) in [6, 6.07) is 41.2. The Kier molecular flexibility index (Phi) is 7.77. The summed E-state index contributed by atoms with van der Waals surface area (Å²) in [5, 5.41) is 21.9. The smallest absolute Gasteiger partial charge is 0.164 e. The van der Waals surface area contributed by atoms with Crippen molar-refractivity contribution in [3.8, 4) is 57.4 Å². The number of benzene rings is 5. The van der Waals surface area contributed by atoms with Crippen LogP contribution in [0.3, 0.4) is 0 Å². The van der Waals surface area contributed by atoms with Crippen molar-refractivity contribution in [1.29, 1.82) is 10.5 Å². The van der Waals surface area contributed by atoms with Gasteiger partial charge in [0.2, 0.25) is 0 Å². The van der Waals surface area contributed by atoms with E-state index in [0.717, 1.165) is 56.3 Å². The zero-order chi connectivity index (χ0) is 33.5. The molecule has 0 radical (unpaired) electrons. The van der Waals surface area contributed by atoms with E-state index in [0.29, 0.717) is 28.6 Å². The topological polar surface area (TPSA) is 86.2 Å². The second-order valence-corrected chi connectivity index (χ2v) is 14.4. The molecule has 5 nitrogen and oxygen atoms in total. The summed E-state index contributed by atoms with van der Waals surface area (Å²) in [5.74, 6) is 3.90. The van der Waals surface area contributed by atoms with Crippen molar-refractivity contribution >= 4 is 10.8 Å². The fraction of sp³-hybridized carbons (Fsp3) is 0.250. The van der Waals surface area contributed by atoms with Crippen LogP contribution in [0.25, 0.3) is 56.1 Å². The first-order valence-electron chi connectivity index (χ1n) is 17.3. The molecule has 0 aliphatic heterocycles. The van der Waals surface area contributed by atoms with Crippen molar-refractivity contribution in [1.82, 2.24) is 15.0 Å². The molecular weight excluding hydrogens is 599 g/mol. The third kappa shape index (κ3) is 5.77. The minimum Gasteiger partial charge on any atom is -0.208 e. The van der Waals surface area contributed by atoms with Crippen LogP contribution in [-0.4, -0.2) is 15.0 Å². The molecule has 4 atom stereocenters. The lowest BCUT2D eigenvalue weighted by Gasteiger charge is -2.50. The van der Waals surface area contributed by atoms with Crippen LogP contribution in [-0.2, 0) is 5.41 Å². The Morgan fingerprint density at radius 1 is 0.592 bits per heavy atom. The van der Waals surface area contributed by atoms with Gasteiger partial charge in [0, 0.05) is 16.7 Å². The number of nitrogens with zero attached hydrogens (tertiary/aromatic N) is 5. The van der Waals surface area contributed by atoms with Crippen LogP contribution in [0.4, 0.5) is 0 Å². The molecule has 2 aliphatic rings. The molecule has 2 fully saturated rings. The van der Waals surface area contributed by atoms with Crippen LogP contribution in [0, 0.1) is 40.4 Å². The Morgan fingerprint density at radius 3 is 1.94 bits per heavy atom. The third-order valence-electron chi connectivity index (χ3n) is 10.8. The lowest BCUT2D eigenvalue weighted by molar-refractivity contribution is 0.0780. The average Bonchev–Trinajstić information content (AvgIpc) is 3.13. The fourth-order valence-corrected chi connectivity index (χ4v) is 8.96. The summed E-state index contributed by atoms with van der Waals surface area (Å²) in [4.78, 5) is 14.8. The van der Waals surface area contributed by atoms with Gasteiger partial charge >= 0.3 is 0 Å². The molecule has 238 valence electrons. The summed E-state index contributed by atoms with van der Waals surface area (Å²) >= 11 is 0. The molecule has 5 aromatic carbocycles. The summed E-state index contributed by atoms with van der Waals surface area (Å²) in [5.41, 5.74) is 7.24. The molecule has 2 bridgehead atoms. The Balaban J connectivity index is 1.19. The monoisotopic (exact) mass is 635 g/mol. The van der Waals surface area contributed by atoms with Crippen molar-refractivity contribution < 1.29 is 0 Å². The van der Waals surface area contributed by atoms with Gasteiger partial charge in [-0.1, -0.05) is 92.7 Å². The second-order valence-electron chi connectivity index (χ2n) is 14.4. The maximum atomic E-state index is 10.4. The third-order valence-corrected chi connectivity index (χ3v) is 10.8. The van der Waals surface area contributed by atoms with Crippen molar-refractivity contribution in [2.24, 2.45) is 17.8 Å². The highest BCUT2D eigenvalue weighted by Crippen LogP contribution is 2.54. The van der Waals surface area contributed by atoms with Crippen molar-refractivity contribution in [3.05, 3.63) is 126 Å². The fourth-order valence-electron chi connectivity index (χ4n) is 8.96. The van der Waals surface area contributed by atoms with Crippen molar-refractivity contribution in [3.63, 3.8) is 0 Å². The molecule has 0 amide bonds. The first kappa shape index (κ1) is 30.7. The van der Waals surface area contributed by atoms with E-state index in [2.05, 4.69) is 68.5 Å². The van der Waals surface area contributed by atoms with E-state index in [1.54, 1.807) is 12.1 Å². The molecule has 5 heteroatoms. The van der Waals surface area contributed by atoms with Crippen LogP contribution >= 0.6 is 0 Å². The van der Waals surface area contributed by atoms with Gasteiger partial charge in [0.25, 0.3) is 0 Å². The van der Waals surface area contributed by atoms with Gasteiger partial charge in [-0.25, -0.2) is 15.0 Å². The first-order chi connectivity index (χ1) is 23.9. The number of rotatable bonds is 5. The summed E-state index contributed by atoms with van der Waals surface area (Å²) in [6.07, 6.45) is 6.56. The number of fused-ring (bicyclic) bond motifs is 3.